The first-order chi connectivity index (χ1) is 9.29. The number of nitrogens with one attached hydrogen (secondary N) is 2. The molecule has 0 aromatic rings. The van der Waals surface area contributed by atoms with Crippen LogP contribution in [-0.4, -0.2) is 43.7 Å². The summed E-state index contributed by atoms with van der Waals surface area (Å²) in [7, 11) is 1.97. The lowest BCUT2D eigenvalue weighted by Crippen LogP contribution is -2.49. The molecule has 1 saturated heterocycles. The predicted octanol–water partition coefficient (Wildman–Crippen LogP) is 2.35. The molecule has 0 aromatic carbocycles. The van der Waals surface area contributed by atoms with Crippen molar-refractivity contribution in [3.63, 3.8) is 0 Å². The standard InChI is InChI=1S/C15H29N3O/c1-16-12-14(11-13-7-3-4-8-13)17-15(19)18-9-5-2-6-10-18/h13-14,16H,2-12H2,1H3,(H,17,19)/t14-/m0/s1. The van der Waals surface area contributed by atoms with Crippen LogP contribution in [0.5, 0.6) is 0 Å². The van der Waals surface area contributed by atoms with Crippen molar-refractivity contribution in [1.82, 2.24) is 15.5 Å². The highest BCUT2D eigenvalue weighted by Gasteiger charge is 2.23. The highest BCUT2D eigenvalue weighted by Crippen LogP contribution is 2.28. The summed E-state index contributed by atoms with van der Waals surface area (Å²) in [5.41, 5.74) is 0. The van der Waals surface area contributed by atoms with Crippen molar-refractivity contribution in [2.24, 2.45) is 5.92 Å². The number of urea groups is 1. The summed E-state index contributed by atoms with van der Waals surface area (Å²) in [6.07, 6.45) is 10.2. The fraction of sp³-hybridized carbons (Fsp3) is 0.933. The topological polar surface area (TPSA) is 44.4 Å². The van der Waals surface area contributed by atoms with Gasteiger partial charge in [0.1, 0.15) is 0 Å². The van der Waals surface area contributed by atoms with E-state index in [2.05, 4.69) is 10.6 Å². The van der Waals surface area contributed by atoms with E-state index in [1.54, 1.807) is 0 Å². The summed E-state index contributed by atoms with van der Waals surface area (Å²) < 4.78 is 0. The summed E-state index contributed by atoms with van der Waals surface area (Å²) in [6.45, 7) is 2.75. The van der Waals surface area contributed by atoms with Gasteiger partial charge in [0.2, 0.25) is 0 Å². The number of nitrogens with zero attached hydrogens (tertiary/aromatic N) is 1. The SMILES string of the molecule is CNC[C@H](CC1CCCC1)NC(=O)N1CCCCC1. The Hall–Kier alpha value is -0.770. The van der Waals surface area contributed by atoms with Gasteiger partial charge in [0, 0.05) is 25.7 Å². The summed E-state index contributed by atoms with van der Waals surface area (Å²) in [5, 5.41) is 6.46. The van der Waals surface area contributed by atoms with E-state index in [0.29, 0.717) is 6.04 Å². The van der Waals surface area contributed by atoms with Crippen LogP contribution < -0.4 is 10.6 Å². The Balaban J connectivity index is 1.78. The van der Waals surface area contributed by atoms with Gasteiger partial charge in [0.05, 0.1) is 0 Å². The Morgan fingerprint density at radius 1 is 1.16 bits per heavy atom. The lowest BCUT2D eigenvalue weighted by atomic mass is 9.98. The molecule has 2 rings (SSSR count). The molecule has 2 amide bonds. The van der Waals surface area contributed by atoms with Gasteiger partial charge in [0.25, 0.3) is 0 Å². The molecule has 110 valence electrons. The maximum atomic E-state index is 12.2. The average molecular weight is 267 g/mol. The van der Waals surface area contributed by atoms with Crippen molar-refractivity contribution in [2.75, 3.05) is 26.7 Å². The van der Waals surface area contributed by atoms with Gasteiger partial charge in [-0.1, -0.05) is 25.7 Å². The summed E-state index contributed by atoms with van der Waals surface area (Å²) in [5.74, 6) is 0.819. The molecule has 4 nitrogen and oxygen atoms in total. The number of likely N-dealkylation sites (tertiary alicyclic amines) is 1. The molecule has 1 heterocycles. The molecular weight excluding hydrogens is 238 g/mol. The number of hydrogen-bond acceptors (Lipinski definition) is 2. The first kappa shape index (κ1) is 14.6. The lowest BCUT2D eigenvalue weighted by molar-refractivity contribution is 0.180. The quantitative estimate of drug-likeness (QED) is 0.803. The number of likely N-dealkylation sites (N-methyl/N-ethyl adjacent to an activating group) is 1. The summed E-state index contributed by atoms with van der Waals surface area (Å²) in [4.78, 5) is 14.2. The third kappa shape index (κ3) is 4.68. The van der Waals surface area contributed by atoms with E-state index in [1.165, 1.54) is 32.1 Å². The van der Waals surface area contributed by atoms with Crippen LogP contribution in [0.2, 0.25) is 0 Å². The van der Waals surface area contributed by atoms with Gasteiger partial charge < -0.3 is 15.5 Å². The molecule has 19 heavy (non-hydrogen) atoms. The molecule has 2 fully saturated rings. The van der Waals surface area contributed by atoms with Gasteiger partial charge in [0.15, 0.2) is 0 Å². The van der Waals surface area contributed by atoms with Crippen LogP contribution in [0.15, 0.2) is 0 Å². The molecule has 0 bridgehead atoms. The fourth-order valence-corrected chi connectivity index (χ4v) is 3.45. The Morgan fingerprint density at radius 3 is 2.47 bits per heavy atom. The van der Waals surface area contributed by atoms with Crippen molar-refractivity contribution >= 4 is 6.03 Å². The first-order valence-corrected chi connectivity index (χ1v) is 7.99. The zero-order valence-corrected chi connectivity index (χ0v) is 12.3. The second kappa shape index (κ2) is 7.73. The molecule has 2 N–H and O–H groups in total. The zero-order chi connectivity index (χ0) is 13.5. The molecule has 1 aliphatic carbocycles. The van der Waals surface area contributed by atoms with Crippen LogP contribution in [0, 0.1) is 5.92 Å². The number of hydrogen-bond donors (Lipinski definition) is 2. The highest BCUT2D eigenvalue weighted by atomic mass is 16.2. The molecule has 1 aliphatic heterocycles. The molecule has 1 saturated carbocycles. The molecule has 0 unspecified atom stereocenters. The van der Waals surface area contributed by atoms with E-state index in [-0.39, 0.29) is 6.03 Å². The van der Waals surface area contributed by atoms with E-state index in [0.717, 1.165) is 44.8 Å². The van der Waals surface area contributed by atoms with Crippen molar-refractivity contribution in [2.45, 2.75) is 57.4 Å². The average Bonchev–Trinajstić information content (AvgIpc) is 2.93. The van der Waals surface area contributed by atoms with Crippen molar-refractivity contribution in [3.05, 3.63) is 0 Å². The highest BCUT2D eigenvalue weighted by molar-refractivity contribution is 5.74. The minimum absolute atomic E-state index is 0.151. The molecule has 0 spiro atoms. The molecule has 1 atom stereocenters. The van der Waals surface area contributed by atoms with Crippen molar-refractivity contribution in [3.8, 4) is 0 Å². The zero-order valence-electron chi connectivity index (χ0n) is 12.3. The normalized spacial score (nSPS) is 22.5. The fourth-order valence-electron chi connectivity index (χ4n) is 3.45. The largest absolute Gasteiger partial charge is 0.334 e. The lowest BCUT2D eigenvalue weighted by Gasteiger charge is -2.30. The van der Waals surface area contributed by atoms with E-state index in [4.69, 9.17) is 0 Å². The second-order valence-electron chi connectivity index (χ2n) is 6.14. The molecule has 4 heteroatoms. The van der Waals surface area contributed by atoms with Crippen LogP contribution in [0.25, 0.3) is 0 Å². The number of rotatable bonds is 5. The molecule has 0 aromatic heterocycles. The van der Waals surface area contributed by atoms with Crippen LogP contribution in [0.1, 0.15) is 51.4 Å². The number of carbonyl (C=O) groups is 1. The molecule has 2 aliphatic rings. The third-order valence-electron chi connectivity index (χ3n) is 4.51. The molecule has 0 radical (unpaired) electrons. The van der Waals surface area contributed by atoms with Gasteiger partial charge in [-0.3, -0.25) is 0 Å². The minimum Gasteiger partial charge on any atom is -0.334 e. The minimum atomic E-state index is 0.151. The maximum absolute atomic E-state index is 12.2. The maximum Gasteiger partial charge on any atom is 0.317 e. The van der Waals surface area contributed by atoms with Crippen LogP contribution in [0.4, 0.5) is 4.79 Å². The Kier molecular flexibility index (Phi) is 5.95. The van der Waals surface area contributed by atoms with Gasteiger partial charge in [-0.2, -0.15) is 0 Å². The Bertz CT molecular complexity index is 271. The predicted molar refractivity (Wildman–Crippen MR) is 78.2 cm³/mol. The second-order valence-corrected chi connectivity index (χ2v) is 6.14. The summed E-state index contributed by atoms with van der Waals surface area (Å²) >= 11 is 0. The van der Waals surface area contributed by atoms with Crippen LogP contribution in [0.3, 0.4) is 0 Å². The number of piperidine rings is 1. The Morgan fingerprint density at radius 2 is 1.84 bits per heavy atom. The van der Waals surface area contributed by atoms with Gasteiger partial charge in [-0.25, -0.2) is 4.79 Å². The molecular formula is C15H29N3O. The van der Waals surface area contributed by atoms with Crippen molar-refractivity contribution < 1.29 is 4.79 Å². The first-order valence-electron chi connectivity index (χ1n) is 7.99. The third-order valence-corrected chi connectivity index (χ3v) is 4.51. The van der Waals surface area contributed by atoms with Gasteiger partial charge in [-0.15, -0.1) is 0 Å². The summed E-state index contributed by atoms with van der Waals surface area (Å²) in [6, 6.07) is 0.445. The monoisotopic (exact) mass is 267 g/mol. The van der Waals surface area contributed by atoms with E-state index in [9.17, 15) is 4.79 Å². The van der Waals surface area contributed by atoms with Crippen LogP contribution >= 0.6 is 0 Å². The van der Waals surface area contributed by atoms with Crippen LogP contribution in [-0.2, 0) is 0 Å². The van der Waals surface area contributed by atoms with E-state index in [1.807, 2.05) is 11.9 Å². The van der Waals surface area contributed by atoms with Crippen molar-refractivity contribution in [1.29, 1.82) is 0 Å². The smallest absolute Gasteiger partial charge is 0.317 e. The van der Waals surface area contributed by atoms with E-state index >= 15 is 0 Å². The number of carbonyl (C=O) groups excluding carboxylic acids is 1. The van der Waals surface area contributed by atoms with Gasteiger partial charge in [-0.05, 0) is 38.6 Å². The Labute approximate surface area is 117 Å². The van der Waals surface area contributed by atoms with E-state index < -0.39 is 0 Å². The number of amides is 2. The van der Waals surface area contributed by atoms with Gasteiger partial charge >= 0.3 is 6.03 Å².